The van der Waals surface area contributed by atoms with E-state index in [0.29, 0.717) is 71.1 Å². The van der Waals surface area contributed by atoms with E-state index in [1.807, 2.05) is 23.6 Å². The molecule has 0 amide bonds. The van der Waals surface area contributed by atoms with E-state index in [1.54, 1.807) is 17.5 Å². The highest BCUT2D eigenvalue weighted by Crippen LogP contribution is 2.37. The second-order valence-electron chi connectivity index (χ2n) is 13.4. The number of halogens is 6. The van der Waals surface area contributed by atoms with E-state index < -0.39 is 35.9 Å². The number of fused-ring (bicyclic) bond motifs is 1. The molecule has 1 saturated heterocycles. The van der Waals surface area contributed by atoms with Crippen LogP contribution in [0.5, 0.6) is 11.5 Å². The lowest BCUT2D eigenvalue weighted by molar-refractivity contribution is -0.147. The molecule has 3 atom stereocenters. The standard InChI is InChI=1S/C39H38F6N4O4S2/c40-38(41,42)27-7-3-5-25(17-27)36-47-29(22-54-36)11-12-46-31(21-49-13-1-2-14-49)35(24-9-10-32-33(19-24)52-16-15-51-32)53-34(50)20-30-23-55-37(48-30)26-6-4-8-28(18-26)39(43,44)45/h3-10,17-19,22-23,31,34-35,46,50H,1-2,11-16,20-21H2/t31-,34?,35-/m1/s1. The lowest BCUT2D eigenvalue weighted by Gasteiger charge is -2.33. The van der Waals surface area contributed by atoms with E-state index in [1.165, 1.54) is 34.8 Å². The summed E-state index contributed by atoms with van der Waals surface area (Å²) >= 11 is 2.46. The van der Waals surface area contributed by atoms with Crippen molar-refractivity contribution in [3.63, 3.8) is 0 Å². The van der Waals surface area contributed by atoms with Gasteiger partial charge in [-0.15, -0.1) is 22.7 Å². The predicted octanol–water partition coefficient (Wildman–Crippen LogP) is 8.66. The van der Waals surface area contributed by atoms with Crippen molar-refractivity contribution in [1.29, 1.82) is 0 Å². The number of benzene rings is 3. The average Bonchev–Trinajstić information content (AvgIpc) is 3.96. The summed E-state index contributed by atoms with van der Waals surface area (Å²) in [4.78, 5) is 11.5. The first-order chi connectivity index (χ1) is 26.4. The van der Waals surface area contributed by atoms with E-state index in [9.17, 15) is 31.4 Å². The molecule has 0 bridgehead atoms. The molecule has 2 N–H and O–H groups in total. The Morgan fingerprint density at radius 2 is 1.38 bits per heavy atom. The van der Waals surface area contributed by atoms with E-state index in [2.05, 4.69) is 20.2 Å². The van der Waals surface area contributed by atoms with E-state index in [-0.39, 0.29) is 12.5 Å². The first-order valence-electron chi connectivity index (χ1n) is 17.8. The largest absolute Gasteiger partial charge is 0.486 e. The number of nitrogens with zero attached hydrogens (tertiary/aromatic N) is 3. The van der Waals surface area contributed by atoms with Gasteiger partial charge in [0.1, 0.15) is 29.3 Å². The van der Waals surface area contributed by atoms with Crippen molar-refractivity contribution < 1.29 is 45.7 Å². The van der Waals surface area contributed by atoms with Crippen LogP contribution < -0.4 is 14.8 Å². The molecular weight excluding hydrogens is 767 g/mol. The Hall–Kier alpha value is -4.06. The molecule has 0 aliphatic carbocycles. The van der Waals surface area contributed by atoms with Crippen LogP contribution in [0.4, 0.5) is 26.3 Å². The van der Waals surface area contributed by atoms with Gasteiger partial charge in [-0.25, -0.2) is 9.97 Å². The number of nitrogens with one attached hydrogen (secondary N) is 1. The van der Waals surface area contributed by atoms with Gasteiger partial charge in [0.05, 0.1) is 28.6 Å². The lowest BCUT2D eigenvalue weighted by atomic mass is 10.00. The summed E-state index contributed by atoms with van der Waals surface area (Å²) in [6.07, 6.45) is -8.37. The molecule has 5 aromatic rings. The molecule has 2 aliphatic heterocycles. The van der Waals surface area contributed by atoms with Gasteiger partial charge in [0.2, 0.25) is 0 Å². The molecule has 1 fully saturated rings. The summed E-state index contributed by atoms with van der Waals surface area (Å²) in [5.74, 6) is 1.16. The number of hydrogen-bond acceptors (Lipinski definition) is 10. The fourth-order valence-electron chi connectivity index (χ4n) is 6.68. The highest BCUT2D eigenvalue weighted by molar-refractivity contribution is 7.13. The minimum absolute atomic E-state index is 0.00983. The number of likely N-dealkylation sites (tertiary alicyclic amines) is 1. The maximum atomic E-state index is 13.4. The second kappa shape index (κ2) is 17.0. The molecule has 1 unspecified atom stereocenters. The highest BCUT2D eigenvalue weighted by Gasteiger charge is 2.33. The Kier molecular flexibility index (Phi) is 12.1. The SMILES string of the molecule is OC(Cc1csc(-c2cccc(C(F)(F)F)c2)n1)O[C@H](c1ccc2c(c1)OCCO2)[C@@H](CN1CCCC1)NCCc1csc(-c2cccc(C(F)(F)F)c2)n1. The molecule has 2 aliphatic rings. The molecule has 292 valence electrons. The number of rotatable bonds is 14. The van der Waals surface area contributed by atoms with E-state index >= 15 is 0 Å². The van der Waals surface area contributed by atoms with Crippen molar-refractivity contribution in [1.82, 2.24) is 20.2 Å². The third-order valence-corrected chi connectivity index (χ3v) is 11.2. The number of alkyl halides is 6. The second-order valence-corrected chi connectivity index (χ2v) is 15.1. The maximum Gasteiger partial charge on any atom is 0.416 e. The molecule has 4 heterocycles. The lowest BCUT2D eigenvalue weighted by Crippen LogP contribution is -2.46. The van der Waals surface area contributed by atoms with Crippen molar-refractivity contribution >= 4 is 22.7 Å². The Morgan fingerprint density at radius 3 is 2.02 bits per heavy atom. The summed E-state index contributed by atoms with van der Waals surface area (Å²) in [6, 6.07) is 15.3. The van der Waals surface area contributed by atoms with Gasteiger partial charge in [-0.1, -0.05) is 30.3 Å². The summed E-state index contributed by atoms with van der Waals surface area (Å²) in [5.41, 5.74) is 1.16. The minimum Gasteiger partial charge on any atom is -0.486 e. The maximum absolute atomic E-state index is 13.4. The van der Waals surface area contributed by atoms with Gasteiger partial charge in [0.15, 0.2) is 17.8 Å². The zero-order chi connectivity index (χ0) is 38.6. The fourth-order valence-corrected chi connectivity index (χ4v) is 8.36. The normalized spacial score (nSPS) is 16.6. The molecule has 0 saturated carbocycles. The van der Waals surface area contributed by atoms with Gasteiger partial charge in [0.25, 0.3) is 0 Å². The molecule has 8 nitrogen and oxygen atoms in total. The fraction of sp³-hybridized carbons (Fsp3) is 0.385. The van der Waals surface area contributed by atoms with Gasteiger partial charge in [-0.2, -0.15) is 26.3 Å². The van der Waals surface area contributed by atoms with Crippen LogP contribution in [0.25, 0.3) is 21.1 Å². The first-order valence-corrected chi connectivity index (χ1v) is 19.6. The van der Waals surface area contributed by atoms with Crippen molar-refractivity contribution in [2.75, 3.05) is 39.4 Å². The van der Waals surface area contributed by atoms with Gasteiger partial charge in [-0.05, 0) is 67.9 Å². The molecule has 0 radical (unpaired) electrons. The predicted molar refractivity (Wildman–Crippen MR) is 197 cm³/mol. The Balaban J connectivity index is 1.10. The highest BCUT2D eigenvalue weighted by atomic mass is 32.1. The number of aliphatic hydroxyl groups is 1. The number of ether oxygens (including phenoxy) is 3. The Bertz CT molecular complexity index is 2050. The number of aromatic nitrogens is 2. The number of thiazole rings is 2. The Labute approximate surface area is 321 Å². The smallest absolute Gasteiger partial charge is 0.416 e. The average molecular weight is 805 g/mol. The molecule has 55 heavy (non-hydrogen) atoms. The monoisotopic (exact) mass is 804 g/mol. The van der Waals surface area contributed by atoms with Crippen molar-refractivity contribution in [2.45, 2.75) is 56.5 Å². The molecule has 0 spiro atoms. The van der Waals surface area contributed by atoms with Crippen molar-refractivity contribution in [3.8, 4) is 32.6 Å². The van der Waals surface area contributed by atoms with Crippen LogP contribution in [-0.4, -0.2) is 71.7 Å². The summed E-state index contributed by atoms with van der Waals surface area (Å²) in [6.45, 7) is 3.66. The van der Waals surface area contributed by atoms with Crippen LogP contribution in [0.2, 0.25) is 0 Å². The molecule has 3 aromatic carbocycles. The van der Waals surface area contributed by atoms with Crippen molar-refractivity contribution in [2.24, 2.45) is 0 Å². The molecule has 2 aromatic heterocycles. The van der Waals surface area contributed by atoms with Crippen LogP contribution in [-0.2, 0) is 29.9 Å². The van der Waals surface area contributed by atoms with Crippen LogP contribution >= 0.6 is 22.7 Å². The zero-order valence-corrected chi connectivity index (χ0v) is 31.0. The Morgan fingerprint density at radius 1 is 0.782 bits per heavy atom. The molecule has 16 heteroatoms. The van der Waals surface area contributed by atoms with Crippen LogP contribution in [0.15, 0.2) is 77.5 Å². The summed E-state index contributed by atoms with van der Waals surface area (Å²) in [5, 5.41) is 19.5. The molecule has 7 rings (SSSR count). The van der Waals surface area contributed by atoms with Crippen LogP contribution in [0.1, 0.15) is 47.0 Å². The molecular formula is C39H38F6N4O4S2. The van der Waals surface area contributed by atoms with E-state index in [4.69, 9.17) is 14.2 Å². The zero-order valence-electron chi connectivity index (χ0n) is 29.4. The summed E-state index contributed by atoms with van der Waals surface area (Å²) < 4.78 is 98.2. The van der Waals surface area contributed by atoms with Gasteiger partial charge in [-0.3, -0.25) is 0 Å². The number of aliphatic hydroxyl groups excluding tert-OH is 1. The van der Waals surface area contributed by atoms with Gasteiger partial charge in [0, 0.05) is 47.8 Å². The van der Waals surface area contributed by atoms with E-state index in [0.717, 1.165) is 61.5 Å². The first kappa shape index (κ1) is 39.2. The third kappa shape index (κ3) is 10.0. The minimum atomic E-state index is -4.49. The van der Waals surface area contributed by atoms with Gasteiger partial charge < -0.3 is 29.5 Å². The van der Waals surface area contributed by atoms with Crippen LogP contribution in [0, 0.1) is 0 Å². The summed E-state index contributed by atoms with van der Waals surface area (Å²) in [7, 11) is 0. The number of hydrogen-bond donors (Lipinski definition) is 2. The van der Waals surface area contributed by atoms with Gasteiger partial charge >= 0.3 is 12.4 Å². The third-order valence-electron chi connectivity index (χ3n) is 9.37. The topological polar surface area (TPSA) is 89.0 Å². The quantitative estimate of drug-likeness (QED) is 0.0853. The van der Waals surface area contributed by atoms with Crippen molar-refractivity contribution in [3.05, 3.63) is 106 Å². The van der Waals surface area contributed by atoms with Crippen LogP contribution in [0.3, 0.4) is 0 Å².